The number of hydrogen-bond acceptors (Lipinski definition) is 12. The molecule has 366 valence electrons. The summed E-state index contributed by atoms with van der Waals surface area (Å²) in [4.78, 5) is 108. The first-order chi connectivity index (χ1) is 32.8. The molecule has 69 heavy (non-hydrogen) atoms. The van der Waals surface area contributed by atoms with Crippen LogP contribution in [0.1, 0.15) is 112 Å². The summed E-state index contributed by atoms with van der Waals surface area (Å²) in [5.41, 5.74) is 1.10. The van der Waals surface area contributed by atoms with Gasteiger partial charge in [-0.25, -0.2) is 19.0 Å². The van der Waals surface area contributed by atoms with Crippen molar-refractivity contribution in [3.63, 3.8) is 0 Å². The van der Waals surface area contributed by atoms with Crippen molar-refractivity contribution in [3.05, 3.63) is 98.1 Å². The maximum Gasteiger partial charge on any atom is 0.408 e. The molecule has 0 spiro atoms. The minimum atomic E-state index is -2.02. The predicted molar refractivity (Wildman–Crippen MR) is 248 cm³/mol. The molecule has 4 heterocycles. The van der Waals surface area contributed by atoms with Gasteiger partial charge in [-0.15, -0.1) is 0 Å². The lowest BCUT2D eigenvalue weighted by molar-refractivity contribution is -0.172. The van der Waals surface area contributed by atoms with Gasteiger partial charge in [0.25, 0.3) is 5.56 Å². The van der Waals surface area contributed by atoms with Gasteiger partial charge in [-0.1, -0.05) is 44.2 Å². The minimum Gasteiger partial charge on any atom is -0.458 e. The highest BCUT2D eigenvalue weighted by Gasteiger charge is 2.46. The summed E-state index contributed by atoms with van der Waals surface area (Å²) in [6.45, 7) is 7.28. The van der Waals surface area contributed by atoms with Crippen LogP contribution in [-0.2, 0) is 63.4 Å². The lowest BCUT2D eigenvalue weighted by Gasteiger charge is -2.32. The number of amides is 6. The van der Waals surface area contributed by atoms with Crippen LogP contribution in [0.25, 0.3) is 22.3 Å². The van der Waals surface area contributed by atoms with E-state index in [1.54, 1.807) is 64.1 Å². The van der Waals surface area contributed by atoms with Crippen LogP contribution in [0.5, 0.6) is 0 Å². The minimum absolute atomic E-state index is 0.0263. The van der Waals surface area contributed by atoms with Crippen LogP contribution in [0.15, 0.2) is 53.3 Å². The van der Waals surface area contributed by atoms with Crippen molar-refractivity contribution < 1.29 is 52.5 Å². The van der Waals surface area contributed by atoms with E-state index in [9.17, 15) is 43.5 Å². The first kappa shape index (κ1) is 49.7. The second-order valence-electron chi connectivity index (χ2n) is 18.6. The van der Waals surface area contributed by atoms with Crippen molar-refractivity contribution in [3.8, 4) is 11.4 Å². The Morgan fingerprint density at radius 1 is 0.928 bits per heavy atom. The number of esters is 1. The smallest absolute Gasteiger partial charge is 0.408 e. The van der Waals surface area contributed by atoms with Gasteiger partial charge < -0.3 is 51.0 Å². The van der Waals surface area contributed by atoms with Crippen LogP contribution < -0.4 is 37.5 Å². The predicted octanol–water partition coefficient (Wildman–Crippen LogP) is 2.65. The van der Waals surface area contributed by atoms with Crippen molar-refractivity contribution in [2.24, 2.45) is 0 Å². The zero-order valence-electron chi connectivity index (χ0n) is 39.1. The van der Waals surface area contributed by atoms with Crippen LogP contribution >= 0.6 is 0 Å². The highest BCUT2D eigenvalue weighted by molar-refractivity contribution is 5.94. The molecule has 0 fully saturated rings. The van der Waals surface area contributed by atoms with Gasteiger partial charge in [0.1, 0.15) is 30.6 Å². The average molecular weight is 953 g/mol. The molecule has 19 nitrogen and oxygen atoms in total. The molecule has 3 aliphatic rings. The van der Waals surface area contributed by atoms with Gasteiger partial charge in [0.15, 0.2) is 5.60 Å². The Kier molecular flexibility index (Phi) is 14.8. The van der Waals surface area contributed by atoms with E-state index in [1.165, 1.54) is 16.7 Å². The van der Waals surface area contributed by atoms with E-state index in [0.717, 1.165) is 16.7 Å². The molecule has 0 radical (unpaired) electrons. The van der Waals surface area contributed by atoms with Gasteiger partial charge in [-0.3, -0.25) is 28.8 Å². The number of carbonyl (C=O) groups is 7. The van der Waals surface area contributed by atoms with Gasteiger partial charge >= 0.3 is 12.1 Å². The third-order valence-corrected chi connectivity index (χ3v) is 12.4. The monoisotopic (exact) mass is 952 g/mol. The van der Waals surface area contributed by atoms with E-state index in [-0.39, 0.29) is 61.9 Å². The number of carbonyl (C=O) groups excluding carboxylic acids is 7. The number of aliphatic hydroxyl groups is 1. The number of cyclic esters (lactones) is 1. The van der Waals surface area contributed by atoms with Crippen LogP contribution in [0.3, 0.4) is 0 Å². The van der Waals surface area contributed by atoms with E-state index >= 15 is 4.39 Å². The van der Waals surface area contributed by atoms with Crippen molar-refractivity contribution in [2.45, 2.75) is 115 Å². The molecule has 0 saturated carbocycles. The Labute approximate surface area is 396 Å². The fourth-order valence-electron chi connectivity index (χ4n) is 9.02. The Balaban J connectivity index is 0.922. The lowest BCUT2D eigenvalue weighted by atomic mass is 9.78. The van der Waals surface area contributed by atoms with E-state index in [2.05, 4.69) is 31.9 Å². The molecule has 7 rings (SSSR count). The summed E-state index contributed by atoms with van der Waals surface area (Å²) < 4.78 is 26.9. The standard InChI is InChI=1S/C49H57FN8O11/c1-6-49(67)32-20-36-43-30(24-58(36)45(64)31(32)25-68-46(49)65)42-33(16-26(2)29-18-28(50)19-34(57-43)41(29)42)55-37(59)14-10-11-15-51-38(60)21-53-44(63)35(17-27-12-8-7-9-13-27)56-40(62)23-52-39(61)22-54-47(66)69-48(3,4)5/h7-9,12-13,18-20,26,33,35,67H,6,10-11,14-17,21-25H2,1-5H3,(H,51,60)(H,52,61)(H,53,63)(H,54,66)(H,55,59)(H,56,62)/t26?,33-,35-,49-/m0/s1. The van der Waals surface area contributed by atoms with Crippen LogP contribution in [0, 0.1) is 5.82 Å². The average Bonchev–Trinajstić information content (AvgIpc) is 3.67. The quantitative estimate of drug-likeness (QED) is 0.0524. The zero-order chi connectivity index (χ0) is 49.8. The number of alkyl carbamates (subject to hydrolysis) is 1. The number of ether oxygens (including phenoxy) is 2. The number of pyridine rings is 2. The molecule has 2 aromatic carbocycles. The lowest BCUT2D eigenvalue weighted by Crippen LogP contribution is -2.52. The van der Waals surface area contributed by atoms with Gasteiger partial charge in [0.05, 0.1) is 48.1 Å². The molecule has 0 saturated heterocycles. The summed E-state index contributed by atoms with van der Waals surface area (Å²) in [6, 6.07) is 11.7. The maximum atomic E-state index is 15.1. The Bertz CT molecular complexity index is 2770. The van der Waals surface area contributed by atoms with Crippen molar-refractivity contribution in [1.82, 2.24) is 41.5 Å². The van der Waals surface area contributed by atoms with E-state index < -0.39 is 90.0 Å². The molecule has 6 amide bonds. The number of hydrogen-bond donors (Lipinski definition) is 7. The topological polar surface area (TPSA) is 265 Å². The number of halogens is 1. The first-order valence-corrected chi connectivity index (χ1v) is 23.0. The molecular weight excluding hydrogens is 896 g/mol. The normalized spacial score (nSPS) is 18.1. The Hall–Kier alpha value is -7.22. The summed E-state index contributed by atoms with van der Waals surface area (Å²) in [5, 5.41) is 27.7. The fourth-order valence-corrected chi connectivity index (χ4v) is 9.02. The van der Waals surface area contributed by atoms with Crippen LogP contribution in [0.4, 0.5) is 9.18 Å². The molecule has 0 bridgehead atoms. The fraction of sp³-hybridized carbons (Fsp3) is 0.449. The molecular formula is C49H57FN8O11. The second kappa shape index (κ2) is 20.6. The zero-order valence-corrected chi connectivity index (χ0v) is 39.1. The highest BCUT2D eigenvalue weighted by Crippen LogP contribution is 2.48. The third-order valence-electron chi connectivity index (χ3n) is 12.4. The summed E-state index contributed by atoms with van der Waals surface area (Å²) in [7, 11) is 0. The summed E-state index contributed by atoms with van der Waals surface area (Å²) in [6.07, 6.45) is 0.648. The largest absolute Gasteiger partial charge is 0.458 e. The SMILES string of the molecule is CC[C@@]1(O)C(=O)OCc2c1cc1n(c2=O)Cc2c-1nc1cc(F)cc3c1c2[C@@H](NC(=O)CCCCNC(=O)CNC(=O)[C@H](Cc1ccccc1)NC(=O)CNC(=O)CNC(=O)OC(C)(C)C)CC3C. The molecule has 1 aliphatic carbocycles. The van der Waals surface area contributed by atoms with Crippen molar-refractivity contribution in [1.29, 1.82) is 0 Å². The third kappa shape index (κ3) is 11.2. The van der Waals surface area contributed by atoms with E-state index in [1.807, 2.05) is 6.92 Å². The Morgan fingerprint density at radius 2 is 1.64 bits per heavy atom. The summed E-state index contributed by atoms with van der Waals surface area (Å²) in [5.74, 6) is -4.21. The second-order valence-corrected chi connectivity index (χ2v) is 18.6. The highest BCUT2D eigenvalue weighted by atomic mass is 19.1. The Morgan fingerprint density at radius 3 is 2.36 bits per heavy atom. The number of nitrogens with zero attached hydrogens (tertiary/aromatic N) is 2. The molecule has 2 aromatic heterocycles. The van der Waals surface area contributed by atoms with E-state index in [4.69, 9.17) is 14.5 Å². The van der Waals surface area contributed by atoms with Crippen LogP contribution in [0.2, 0.25) is 0 Å². The molecule has 7 N–H and O–H groups in total. The molecule has 2 aliphatic heterocycles. The number of fused-ring (bicyclic) bond motifs is 5. The maximum absolute atomic E-state index is 15.1. The summed E-state index contributed by atoms with van der Waals surface area (Å²) >= 11 is 0. The number of aromatic nitrogens is 2. The van der Waals surface area contributed by atoms with Gasteiger partial charge in [-0.05, 0) is 81.2 Å². The van der Waals surface area contributed by atoms with E-state index in [0.29, 0.717) is 47.1 Å². The molecule has 20 heteroatoms. The number of nitrogens with one attached hydrogen (secondary N) is 6. The van der Waals surface area contributed by atoms with Crippen LogP contribution in [-0.4, -0.2) is 94.1 Å². The number of benzene rings is 2. The molecule has 1 unspecified atom stereocenters. The first-order valence-electron chi connectivity index (χ1n) is 23.0. The van der Waals surface area contributed by atoms with Crippen molar-refractivity contribution >= 4 is 52.5 Å². The van der Waals surface area contributed by atoms with Gasteiger partial charge in [0, 0.05) is 42.0 Å². The number of rotatable bonds is 17. The number of unbranched alkanes of at least 4 members (excludes halogenated alkanes) is 1. The van der Waals surface area contributed by atoms with Gasteiger partial charge in [0.2, 0.25) is 29.5 Å². The van der Waals surface area contributed by atoms with Gasteiger partial charge in [-0.2, -0.15) is 0 Å². The molecule has 4 aromatic rings. The molecule has 4 atom stereocenters. The van der Waals surface area contributed by atoms with Crippen molar-refractivity contribution in [2.75, 3.05) is 26.2 Å².